The molecule has 2 rings (SSSR count). The van der Waals surface area contributed by atoms with Crippen LogP contribution in [0.5, 0.6) is 0 Å². The van der Waals surface area contributed by atoms with E-state index in [1.54, 1.807) is 25.6 Å². The fourth-order valence-electron chi connectivity index (χ4n) is 2.08. The molecule has 0 bridgehead atoms. The Kier molecular flexibility index (Phi) is 4.76. The number of β-lactam (4-membered cyclic amide) rings is 1. The molecule has 2 aliphatic rings. The van der Waals surface area contributed by atoms with Gasteiger partial charge in [-0.1, -0.05) is 0 Å². The summed E-state index contributed by atoms with van der Waals surface area (Å²) in [6.45, 7) is 5.01. The van der Waals surface area contributed by atoms with Crippen molar-refractivity contribution < 1.29 is 28.6 Å². The minimum Gasteiger partial charge on any atom is -0.435 e. The molecule has 8 heteroatoms. The maximum absolute atomic E-state index is 12.2. The van der Waals surface area contributed by atoms with Gasteiger partial charge in [-0.3, -0.25) is 9.69 Å². The van der Waals surface area contributed by atoms with E-state index >= 15 is 0 Å². The first-order valence-corrected chi connectivity index (χ1v) is 7.66. The fraction of sp³-hybridized carbons (Fsp3) is 0.615. The van der Waals surface area contributed by atoms with Crippen molar-refractivity contribution in [2.45, 2.75) is 38.9 Å². The Bertz CT molecular complexity index is 503. The summed E-state index contributed by atoms with van der Waals surface area (Å²) >= 11 is 1.62. The summed E-state index contributed by atoms with van der Waals surface area (Å²) in [5.74, 6) is -0.0912. The van der Waals surface area contributed by atoms with E-state index in [-0.39, 0.29) is 23.6 Å². The van der Waals surface area contributed by atoms with Gasteiger partial charge in [0.25, 0.3) is 0 Å². The third-order valence-corrected chi connectivity index (χ3v) is 4.40. The van der Waals surface area contributed by atoms with Crippen molar-refractivity contribution in [1.29, 1.82) is 0 Å². The predicted octanol–water partition coefficient (Wildman–Crippen LogP) is 1.63. The number of esters is 1. The Labute approximate surface area is 126 Å². The van der Waals surface area contributed by atoms with Crippen LogP contribution in [0.2, 0.25) is 0 Å². The molecule has 2 aliphatic heterocycles. The fourth-order valence-corrected chi connectivity index (χ4v) is 3.29. The highest BCUT2D eigenvalue weighted by Gasteiger charge is 2.45. The molecule has 0 aliphatic carbocycles. The number of hydrogen-bond acceptors (Lipinski definition) is 7. The lowest BCUT2D eigenvalue weighted by Crippen LogP contribution is -2.54. The lowest BCUT2D eigenvalue weighted by atomic mass is 10.1. The van der Waals surface area contributed by atoms with Crippen LogP contribution in [0.15, 0.2) is 11.3 Å². The highest BCUT2D eigenvalue weighted by Crippen LogP contribution is 2.40. The van der Waals surface area contributed by atoms with E-state index in [0.717, 1.165) is 5.57 Å². The Morgan fingerprint density at radius 1 is 1.43 bits per heavy atom. The lowest BCUT2D eigenvalue weighted by molar-refractivity contribution is -0.168. The normalized spacial score (nSPS) is 22.1. The molecule has 116 valence electrons. The van der Waals surface area contributed by atoms with Crippen molar-refractivity contribution in [3.05, 3.63) is 11.3 Å². The van der Waals surface area contributed by atoms with Crippen molar-refractivity contribution in [2.24, 2.45) is 0 Å². The lowest BCUT2D eigenvalue weighted by Gasteiger charge is -2.44. The highest BCUT2D eigenvalue weighted by molar-refractivity contribution is 8.00. The zero-order valence-corrected chi connectivity index (χ0v) is 12.9. The van der Waals surface area contributed by atoms with E-state index in [1.807, 2.05) is 0 Å². The van der Waals surface area contributed by atoms with Gasteiger partial charge in [-0.05, 0) is 19.4 Å². The van der Waals surface area contributed by atoms with Gasteiger partial charge in [-0.25, -0.2) is 9.59 Å². The minimum atomic E-state index is -1.08. The first-order valence-electron chi connectivity index (χ1n) is 6.61. The average molecular weight is 315 g/mol. The zero-order chi connectivity index (χ0) is 15.6. The third-order valence-electron chi connectivity index (χ3n) is 3.03. The SMILES string of the molecule is CCOC(=O)OC(C)OC(=O)C1=C(C)CS[C@@H]2CC(=O)N12. The van der Waals surface area contributed by atoms with Crippen LogP contribution >= 0.6 is 11.8 Å². The van der Waals surface area contributed by atoms with Gasteiger partial charge >= 0.3 is 12.1 Å². The van der Waals surface area contributed by atoms with E-state index in [4.69, 9.17) is 9.47 Å². The summed E-state index contributed by atoms with van der Waals surface area (Å²) in [4.78, 5) is 36.4. The molecular weight excluding hydrogens is 298 g/mol. The van der Waals surface area contributed by atoms with Crippen molar-refractivity contribution in [3.8, 4) is 0 Å². The van der Waals surface area contributed by atoms with Crippen LogP contribution in [0.25, 0.3) is 0 Å². The zero-order valence-electron chi connectivity index (χ0n) is 12.1. The van der Waals surface area contributed by atoms with Crippen molar-refractivity contribution >= 4 is 29.8 Å². The average Bonchev–Trinajstić information content (AvgIpc) is 2.39. The van der Waals surface area contributed by atoms with Gasteiger partial charge < -0.3 is 14.2 Å². The maximum atomic E-state index is 12.2. The molecule has 0 aromatic rings. The Hall–Kier alpha value is -1.70. The van der Waals surface area contributed by atoms with Crippen LogP contribution in [-0.4, -0.2) is 47.0 Å². The summed E-state index contributed by atoms with van der Waals surface area (Å²) in [6, 6.07) is 0. The second kappa shape index (κ2) is 6.38. The van der Waals surface area contributed by atoms with E-state index in [2.05, 4.69) is 4.74 Å². The van der Waals surface area contributed by atoms with Gasteiger partial charge in [-0.2, -0.15) is 0 Å². The Morgan fingerprint density at radius 2 is 2.14 bits per heavy atom. The molecule has 1 amide bonds. The minimum absolute atomic E-state index is 0.00466. The molecule has 1 fully saturated rings. The number of ether oxygens (including phenoxy) is 3. The maximum Gasteiger partial charge on any atom is 0.511 e. The van der Waals surface area contributed by atoms with Crippen LogP contribution in [-0.2, 0) is 23.8 Å². The van der Waals surface area contributed by atoms with Crippen LogP contribution in [0, 0.1) is 0 Å². The number of hydrogen-bond donors (Lipinski definition) is 0. The van der Waals surface area contributed by atoms with E-state index in [0.29, 0.717) is 12.2 Å². The Morgan fingerprint density at radius 3 is 2.76 bits per heavy atom. The number of carbonyl (C=O) groups excluding carboxylic acids is 3. The first kappa shape index (κ1) is 15.7. The predicted molar refractivity (Wildman–Crippen MR) is 74.1 cm³/mol. The van der Waals surface area contributed by atoms with E-state index in [9.17, 15) is 14.4 Å². The van der Waals surface area contributed by atoms with Gasteiger partial charge in [0.05, 0.1) is 18.4 Å². The van der Waals surface area contributed by atoms with Crippen molar-refractivity contribution in [3.63, 3.8) is 0 Å². The second-order valence-corrected chi connectivity index (χ2v) is 5.80. The summed E-state index contributed by atoms with van der Waals surface area (Å²) < 4.78 is 14.4. The number of thioether (sulfide) groups is 1. The standard InChI is InChI=1S/C13H17NO6S/c1-4-18-13(17)20-8(3)19-12(16)11-7(2)6-21-10-5-9(15)14(10)11/h8,10H,4-6H2,1-3H3/t8?,10-/m1/s1. The van der Waals surface area contributed by atoms with E-state index < -0.39 is 18.4 Å². The van der Waals surface area contributed by atoms with Crippen LogP contribution in [0.4, 0.5) is 4.79 Å². The first-order chi connectivity index (χ1) is 9.93. The molecule has 2 atom stereocenters. The molecule has 2 heterocycles. The number of fused-ring (bicyclic) bond motifs is 1. The molecule has 0 saturated carbocycles. The third kappa shape index (κ3) is 3.31. The number of amides is 1. The summed E-state index contributed by atoms with van der Waals surface area (Å²) in [7, 11) is 0. The monoisotopic (exact) mass is 315 g/mol. The Balaban J connectivity index is 1.99. The van der Waals surface area contributed by atoms with Gasteiger partial charge in [0.1, 0.15) is 5.70 Å². The quantitative estimate of drug-likeness (QED) is 0.443. The van der Waals surface area contributed by atoms with Gasteiger partial charge in [0, 0.05) is 12.7 Å². The van der Waals surface area contributed by atoms with Gasteiger partial charge in [0.2, 0.25) is 12.2 Å². The summed E-state index contributed by atoms with van der Waals surface area (Å²) in [5, 5.41) is 0.00466. The topological polar surface area (TPSA) is 82.1 Å². The smallest absolute Gasteiger partial charge is 0.435 e. The molecular formula is C13H17NO6S. The molecule has 7 nitrogen and oxygen atoms in total. The molecule has 0 N–H and O–H groups in total. The van der Waals surface area contributed by atoms with Crippen LogP contribution < -0.4 is 0 Å². The number of carbonyl (C=O) groups is 3. The van der Waals surface area contributed by atoms with Gasteiger partial charge in [0.15, 0.2) is 0 Å². The van der Waals surface area contributed by atoms with Crippen molar-refractivity contribution in [2.75, 3.05) is 12.4 Å². The highest BCUT2D eigenvalue weighted by atomic mass is 32.2. The summed E-state index contributed by atoms with van der Waals surface area (Å²) in [6.07, 6.45) is -1.55. The molecule has 1 saturated heterocycles. The molecule has 1 unspecified atom stereocenters. The molecule has 0 aromatic heterocycles. The molecule has 0 aromatic carbocycles. The molecule has 21 heavy (non-hydrogen) atoms. The van der Waals surface area contributed by atoms with E-state index in [1.165, 1.54) is 11.8 Å². The van der Waals surface area contributed by atoms with Crippen LogP contribution in [0.1, 0.15) is 27.2 Å². The molecule has 0 spiro atoms. The number of rotatable bonds is 4. The van der Waals surface area contributed by atoms with Gasteiger partial charge in [-0.15, -0.1) is 11.8 Å². The van der Waals surface area contributed by atoms with Crippen LogP contribution in [0.3, 0.4) is 0 Å². The number of nitrogens with zero attached hydrogens (tertiary/aromatic N) is 1. The second-order valence-electron chi connectivity index (χ2n) is 4.64. The summed E-state index contributed by atoms with van der Waals surface area (Å²) in [5.41, 5.74) is 1.03. The largest absolute Gasteiger partial charge is 0.511 e. The van der Waals surface area contributed by atoms with Crippen molar-refractivity contribution in [1.82, 2.24) is 4.90 Å². The molecule has 0 radical (unpaired) electrons.